The highest BCUT2D eigenvalue weighted by Crippen LogP contribution is 2.29. The summed E-state index contributed by atoms with van der Waals surface area (Å²) in [5.41, 5.74) is 7.16. The van der Waals surface area contributed by atoms with Gasteiger partial charge in [-0.25, -0.2) is 0 Å². The molecule has 0 aliphatic heterocycles. The fraction of sp³-hybridized carbons (Fsp3) is 0.571. The van der Waals surface area contributed by atoms with Crippen LogP contribution in [-0.4, -0.2) is 12.1 Å². The second-order valence-corrected chi connectivity index (χ2v) is 5.74. The molecule has 1 aromatic rings. The van der Waals surface area contributed by atoms with Crippen molar-refractivity contribution in [3.63, 3.8) is 0 Å². The summed E-state index contributed by atoms with van der Waals surface area (Å²) < 4.78 is 7.14. The van der Waals surface area contributed by atoms with Crippen LogP contribution in [0.3, 0.4) is 0 Å². The first-order valence-electron chi connectivity index (χ1n) is 6.09. The summed E-state index contributed by atoms with van der Waals surface area (Å²) in [5.74, 6) is 0.485. The summed E-state index contributed by atoms with van der Waals surface area (Å²) in [6.07, 6.45) is 0.126. The van der Waals surface area contributed by atoms with E-state index in [4.69, 9.17) is 10.5 Å². The Morgan fingerprint density at radius 1 is 1.12 bits per heavy atom. The van der Waals surface area contributed by atoms with Crippen molar-refractivity contribution < 1.29 is 4.74 Å². The lowest BCUT2D eigenvalue weighted by Gasteiger charge is -2.28. The monoisotopic (exact) mass is 299 g/mol. The van der Waals surface area contributed by atoms with Crippen molar-refractivity contribution in [2.75, 3.05) is 0 Å². The molecule has 2 N–H and O–H groups in total. The van der Waals surface area contributed by atoms with Gasteiger partial charge in [0.2, 0.25) is 0 Å². The van der Waals surface area contributed by atoms with Crippen LogP contribution >= 0.6 is 15.9 Å². The summed E-state index contributed by atoms with van der Waals surface area (Å²) in [5, 5.41) is 0. The minimum atomic E-state index is -0.0667. The first-order valence-corrected chi connectivity index (χ1v) is 6.88. The van der Waals surface area contributed by atoms with E-state index < -0.39 is 0 Å². The summed E-state index contributed by atoms with van der Waals surface area (Å²) in [4.78, 5) is 0. The van der Waals surface area contributed by atoms with E-state index in [1.165, 1.54) is 0 Å². The third-order valence-corrected chi connectivity index (χ3v) is 3.71. The SMILES string of the molecule is CC(C)C(C)OC(c1ccccc1Br)C(C)N. The van der Waals surface area contributed by atoms with E-state index in [0.717, 1.165) is 10.0 Å². The average molecular weight is 300 g/mol. The smallest absolute Gasteiger partial charge is 0.0987 e. The summed E-state index contributed by atoms with van der Waals surface area (Å²) in [6.45, 7) is 8.39. The van der Waals surface area contributed by atoms with Crippen LogP contribution in [-0.2, 0) is 4.74 Å². The predicted octanol–water partition coefficient (Wildman–Crippen LogP) is 3.90. The molecule has 17 heavy (non-hydrogen) atoms. The van der Waals surface area contributed by atoms with Crippen LogP contribution in [0.4, 0.5) is 0 Å². The van der Waals surface area contributed by atoms with E-state index in [1.54, 1.807) is 0 Å². The highest BCUT2D eigenvalue weighted by atomic mass is 79.9. The van der Waals surface area contributed by atoms with Gasteiger partial charge in [0.15, 0.2) is 0 Å². The van der Waals surface area contributed by atoms with Crippen LogP contribution in [0.5, 0.6) is 0 Å². The van der Waals surface area contributed by atoms with Crippen LogP contribution in [0.2, 0.25) is 0 Å². The number of rotatable bonds is 5. The fourth-order valence-electron chi connectivity index (χ4n) is 1.57. The van der Waals surface area contributed by atoms with E-state index in [9.17, 15) is 0 Å². The maximum Gasteiger partial charge on any atom is 0.0987 e. The minimum Gasteiger partial charge on any atom is -0.369 e. The number of halogens is 1. The second-order valence-electron chi connectivity index (χ2n) is 4.89. The van der Waals surface area contributed by atoms with Crippen molar-refractivity contribution in [3.05, 3.63) is 34.3 Å². The zero-order chi connectivity index (χ0) is 13.0. The Hall–Kier alpha value is -0.380. The van der Waals surface area contributed by atoms with Gasteiger partial charge in [0.1, 0.15) is 0 Å². The van der Waals surface area contributed by atoms with Gasteiger partial charge in [-0.3, -0.25) is 0 Å². The highest BCUT2D eigenvalue weighted by Gasteiger charge is 2.22. The Morgan fingerprint density at radius 2 is 1.71 bits per heavy atom. The van der Waals surface area contributed by atoms with E-state index in [1.807, 2.05) is 25.1 Å². The van der Waals surface area contributed by atoms with Gasteiger partial charge in [-0.15, -0.1) is 0 Å². The molecule has 1 aromatic carbocycles. The van der Waals surface area contributed by atoms with E-state index >= 15 is 0 Å². The Kier molecular flexibility index (Phi) is 5.63. The lowest BCUT2D eigenvalue weighted by atomic mass is 10.0. The molecule has 0 heterocycles. The van der Waals surface area contributed by atoms with Gasteiger partial charge in [-0.1, -0.05) is 48.0 Å². The van der Waals surface area contributed by atoms with Crippen LogP contribution in [0.15, 0.2) is 28.7 Å². The molecule has 1 rings (SSSR count). The molecule has 0 spiro atoms. The normalized spacial score (nSPS) is 16.9. The first-order chi connectivity index (χ1) is 7.93. The van der Waals surface area contributed by atoms with Crippen molar-refractivity contribution in [1.82, 2.24) is 0 Å². The summed E-state index contributed by atoms with van der Waals surface area (Å²) >= 11 is 3.56. The summed E-state index contributed by atoms with van der Waals surface area (Å²) in [6, 6.07) is 8.06. The molecule has 0 aliphatic carbocycles. The number of benzene rings is 1. The topological polar surface area (TPSA) is 35.2 Å². The molecular weight excluding hydrogens is 278 g/mol. The Balaban J connectivity index is 2.91. The van der Waals surface area contributed by atoms with Crippen molar-refractivity contribution in [1.29, 1.82) is 0 Å². The van der Waals surface area contributed by atoms with Gasteiger partial charge in [-0.2, -0.15) is 0 Å². The predicted molar refractivity (Wildman–Crippen MR) is 75.9 cm³/mol. The molecule has 96 valence electrons. The molecule has 2 nitrogen and oxygen atoms in total. The summed E-state index contributed by atoms with van der Waals surface area (Å²) in [7, 11) is 0. The van der Waals surface area contributed by atoms with Crippen LogP contribution in [0.1, 0.15) is 39.4 Å². The molecule has 0 amide bonds. The quantitative estimate of drug-likeness (QED) is 0.895. The second kappa shape index (κ2) is 6.53. The molecule has 0 fully saturated rings. The minimum absolute atomic E-state index is 0.0325. The maximum absolute atomic E-state index is 6.09. The molecule has 3 heteroatoms. The molecule has 0 aromatic heterocycles. The zero-order valence-corrected chi connectivity index (χ0v) is 12.6. The van der Waals surface area contributed by atoms with Crippen LogP contribution in [0, 0.1) is 5.92 Å². The van der Waals surface area contributed by atoms with Crippen LogP contribution < -0.4 is 5.73 Å². The van der Waals surface area contributed by atoms with E-state index in [-0.39, 0.29) is 18.2 Å². The van der Waals surface area contributed by atoms with Gasteiger partial charge < -0.3 is 10.5 Å². The van der Waals surface area contributed by atoms with Gasteiger partial charge in [-0.05, 0) is 31.4 Å². The lowest BCUT2D eigenvalue weighted by Crippen LogP contribution is -2.31. The molecule has 0 saturated heterocycles. The van der Waals surface area contributed by atoms with Gasteiger partial charge in [0.05, 0.1) is 12.2 Å². The highest BCUT2D eigenvalue weighted by molar-refractivity contribution is 9.10. The zero-order valence-electron chi connectivity index (χ0n) is 11.0. The Morgan fingerprint density at radius 3 is 2.18 bits per heavy atom. The van der Waals surface area contributed by atoms with Gasteiger partial charge in [0, 0.05) is 10.5 Å². The number of ether oxygens (including phenoxy) is 1. The van der Waals surface area contributed by atoms with E-state index in [0.29, 0.717) is 5.92 Å². The molecule has 0 saturated carbocycles. The van der Waals surface area contributed by atoms with Crippen molar-refractivity contribution in [2.24, 2.45) is 11.7 Å². The molecule has 0 aliphatic rings. The third-order valence-electron chi connectivity index (χ3n) is 2.99. The molecular formula is C14H22BrNO. The number of nitrogens with two attached hydrogens (primary N) is 1. The van der Waals surface area contributed by atoms with Crippen molar-refractivity contribution >= 4 is 15.9 Å². The van der Waals surface area contributed by atoms with Crippen molar-refractivity contribution in [2.45, 2.75) is 45.9 Å². The van der Waals surface area contributed by atoms with Gasteiger partial charge in [0.25, 0.3) is 0 Å². The fourth-order valence-corrected chi connectivity index (χ4v) is 2.09. The third kappa shape index (κ3) is 4.09. The van der Waals surface area contributed by atoms with E-state index in [2.05, 4.69) is 42.8 Å². The lowest BCUT2D eigenvalue weighted by molar-refractivity contribution is -0.0367. The number of hydrogen-bond donors (Lipinski definition) is 1. The molecule has 3 atom stereocenters. The van der Waals surface area contributed by atoms with Gasteiger partial charge >= 0.3 is 0 Å². The molecule has 0 bridgehead atoms. The maximum atomic E-state index is 6.09. The first kappa shape index (κ1) is 14.7. The number of hydrogen-bond acceptors (Lipinski definition) is 2. The Labute approximate surface area is 113 Å². The van der Waals surface area contributed by atoms with Crippen molar-refractivity contribution in [3.8, 4) is 0 Å². The Bertz CT molecular complexity index is 352. The average Bonchev–Trinajstić information content (AvgIpc) is 2.26. The standard InChI is InChI=1S/C14H22BrNO/c1-9(2)11(4)17-14(10(3)16)12-7-5-6-8-13(12)15/h5-11,14H,16H2,1-4H3. The molecule has 0 radical (unpaired) electrons. The largest absolute Gasteiger partial charge is 0.369 e. The van der Waals surface area contributed by atoms with Crippen LogP contribution in [0.25, 0.3) is 0 Å². The molecule has 3 unspecified atom stereocenters.